The van der Waals surface area contributed by atoms with Crippen molar-refractivity contribution in [1.29, 1.82) is 0 Å². The first-order valence-corrected chi connectivity index (χ1v) is 12.4. The molecule has 0 spiro atoms. The van der Waals surface area contributed by atoms with E-state index in [0.29, 0.717) is 5.69 Å². The standard InChI is InChI=1S/C24H34N2O3S/c1-2-3-4-5-6-7-8-9-10-11-20-25-21-14-18-24(19-15-21)30(28,29)26-22-12-16-23(27)17-13-22/h12-20,26-27H,2-11H2,1H3/b25-20-. The van der Waals surface area contributed by atoms with Crippen molar-refractivity contribution in [3.63, 3.8) is 0 Å². The largest absolute Gasteiger partial charge is 0.508 e. The number of phenols is 1. The molecule has 2 aromatic rings. The van der Waals surface area contributed by atoms with Crippen LogP contribution >= 0.6 is 0 Å². The molecule has 0 aliphatic heterocycles. The highest BCUT2D eigenvalue weighted by atomic mass is 32.2. The molecule has 0 aliphatic rings. The van der Waals surface area contributed by atoms with Crippen molar-refractivity contribution >= 4 is 27.6 Å². The fourth-order valence-electron chi connectivity index (χ4n) is 3.17. The number of hydrogen-bond acceptors (Lipinski definition) is 4. The van der Waals surface area contributed by atoms with Crippen LogP contribution in [0.15, 0.2) is 58.4 Å². The molecule has 0 heterocycles. The van der Waals surface area contributed by atoms with Crippen LogP contribution < -0.4 is 4.72 Å². The van der Waals surface area contributed by atoms with Gasteiger partial charge in [-0.25, -0.2) is 8.42 Å². The molecule has 0 unspecified atom stereocenters. The van der Waals surface area contributed by atoms with E-state index in [-0.39, 0.29) is 10.6 Å². The maximum Gasteiger partial charge on any atom is 0.261 e. The van der Waals surface area contributed by atoms with E-state index in [0.717, 1.165) is 18.5 Å². The number of aromatic hydroxyl groups is 1. The van der Waals surface area contributed by atoms with Gasteiger partial charge in [0, 0.05) is 11.9 Å². The normalized spacial score (nSPS) is 11.8. The predicted octanol–water partition coefficient (Wildman–Crippen LogP) is 6.82. The number of rotatable bonds is 14. The Morgan fingerprint density at radius 3 is 2.00 bits per heavy atom. The van der Waals surface area contributed by atoms with Crippen molar-refractivity contribution in [3.05, 3.63) is 48.5 Å². The zero-order valence-electron chi connectivity index (χ0n) is 17.9. The monoisotopic (exact) mass is 430 g/mol. The van der Waals surface area contributed by atoms with Crippen molar-refractivity contribution in [2.75, 3.05) is 4.72 Å². The molecule has 0 atom stereocenters. The van der Waals surface area contributed by atoms with Crippen LogP contribution in [0.2, 0.25) is 0 Å². The maximum atomic E-state index is 12.4. The second-order valence-electron chi connectivity index (χ2n) is 7.58. The smallest absolute Gasteiger partial charge is 0.261 e. The quantitative estimate of drug-likeness (QED) is 0.196. The van der Waals surface area contributed by atoms with Crippen LogP contribution in [0.4, 0.5) is 11.4 Å². The molecule has 0 radical (unpaired) electrons. The van der Waals surface area contributed by atoms with Gasteiger partial charge in [-0.05, 0) is 61.4 Å². The fraction of sp³-hybridized carbons (Fsp3) is 0.458. The number of nitrogens with one attached hydrogen (secondary N) is 1. The van der Waals surface area contributed by atoms with E-state index in [1.807, 2.05) is 6.21 Å². The van der Waals surface area contributed by atoms with E-state index >= 15 is 0 Å². The van der Waals surface area contributed by atoms with Gasteiger partial charge in [-0.3, -0.25) is 9.71 Å². The minimum atomic E-state index is -3.67. The predicted molar refractivity (Wildman–Crippen MR) is 125 cm³/mol. The summed E-state index contributed by atoms with van der Waals surface area (Å²) < 4.78 is 27.4. The third-order valence-electron chi connectivity index (χ3n) is 4.94. The van der Waals surface area contributed by atoms with Gasteiger partial charge in [0.05, 0.1) is 10.6 Å². The van der Waals surface area contributed by atoms with Gasteiger partial charge >= 0.3 is 0 Å². The first kappa shape index (κ1) is 23.9. The number of sulfonamides is 1. The Labute approximate surface area is 181 Å². The maximum absolute atomic E-state index is 12.4. The second kappa shape index (κ2) is 13.1. The van der Waals surface area contributed by atoms with Gasteiger partial charge in [-0.15, -0.1) is 0 Å². The summed E-state index contributed by atoms with van der Waals surface area (Å²) in [7, 11) is -3.67. The number of unbranched alkanes of at least 4 members (excludes halogenated alkanes) is 9. The highest BCUT2D eigenvalue weighted by Crippen LogP contribution is 2.21. The number of hydrogen-bond donors (Lipinski definition) is 2. The van der Waals surface area contributed by atoms with Gasteiger partial charge in [0.15, 0.2) is 0 Å². The van der Waals surface area contributed by atoms with Crippen molar-refractivity contribution in [2.24, 2.45) is 4.99 Å². The molecule has 0 fully saturated rings. The number of anilines is 1. The molecule has 2 rings (SSSR count). The zero-order valence-corrected chi connectivity index (χ0v) is 18.7. The second-order valence-corrected chi connectivity index (χ2v) is 9.26. The lowest BCUT2D eigenvalue weighted by molar-refractivity contribution is 0.475. The minimum absolute atomic E-state index is 0.0857. The third kappa shape index (κ3) is 8.99. The van der Waals surface area contributed by atoms with E-state index in [9.17, 15) is 13.5 Å². The molecular formula is C24H34N2O3S. The van der Waals surface area contributed by atoms with E-state index in [2.05, 4.69) is 16.6 Å². The number of phenolic OH excluding ortho intramolecular Hbond substituents is 1. The van der Waals surface area contributed by atoms with Crippen LogP contribution in [-0.2, 0) is 10.0 Å². The van der Waals surface area contributed by atoms with E-state index in [1.165, 1.54) is 75.6 Å². The number of nitrogens with zero attached hydrogens (tertiary/aromatic N) is 1. The molecule has 0 amide bonds. The SMILES string of the molecule is CCCCCCCCCCC/C=N\c1ccc(S(=O)(=O)Nc2ccc(O)cc2)cc1. The molecule has 30 heavy (non-hydrogen) atoms. The van der Waals surface area contributed by atoms with Crippen LogP contribution in [-0.4, -0.2) is 19.7 Å². The van der Waals surface area contributed by atoms with Gasteiger partial charge in [-0.2, -0.15) is 0 Å². The molecule has 2 N–H and O–H groups in total. The molecule has 164 valence electrons. The van der Waals surface area contributed by atoms with Crippen molar-refractivity contribution in [3.8, 4) is 5.75 Å². The Bertz CT molecular complexity index is 860. The van der Waals surface area contributed by atoms with Gasteiger partial charge in [0.1, 0.15) is 5.75 Å². The molecule has 0 saturated heterocycles. The third-order valence-corrected chi connectivity index (χ3v) is 6.34. The number of aliphatic imine (C=N–C) groups is 1. The van der Waals surface area contributed by atoms with Gasteiger partial charge in [0.25, 0.3) is 10.0 Å². The highest BCUT2D eigenvalue weighted by molar-refractivity contribution is 7.92. The Morgan fingerprint density at radius 2 is 1.40 bits per heavy atom. The molecule has 2 aromatic carbocycles. The minimum Gasteiger partial charge on any atom is -0.508 e. The molecule has 0 bridgehead atoms. The summed E-state index contributed by atoms with van der Waals surface area (Å²) in [6.45, 7) is 2.24. The Hall–Kier alpha value is -2.34. The summed E-state index contributed by atoms with van der Waals surface area (Å²) in [5.74, 6) is 0.0857. The van der Waals surface area contributed by atoms with Crippen molar-refractivity contribution in [2.45, 2.75) is 76.0 Å². The number of benzene rings is 2. The van der Waals surface area contributed by atoms with Crippen LogP contribution in [0.25, 0.3) is 0 Å². The zero-order chi connectivity index (χ0) is 21.7. The first-order valence-electron chi connectivity index (χ1n) is 11.0. The lowest BCUT2D eigenvalue weighted by Gasteiger charge is -2.08. The molecule has 5 nitrogen and oxygen atoms in total. The van der Waals surface area contributed by atoms with Gasteiger partial charge in [0.2, 0.25) is 0 Å². The fourth-order valence-corrected chi connectivity index (χ4v) is 4.23. The Morgan fingerprint density at radius 1 is 0.833 bits per heavy atom. The van der Waals surface area contributed by atoms with E-state index in [4.69, 9.17) is 0 Å². The lowest BCUT2D eigenvalue weighted by atomic mass is 10.1. The highest BCUT2D eigenvalue weighted by Gasteiger charge is 2.13. The van der Waals surface area contributed by atoms with Crippen LogP contribution in [0.1, 0.15) is 71.1 Å². The average molecular weight is 431 g/mol. The lowest BCUT2D eigenvalue weighted by Crippen LogP contribution is -2.12. The van der Waals surface area contributed by atoms with E-state index < -0.39 is 10.0 Å². The summed E-state index contributed by atoms with van der Waals surface area (Å²) in [6.07, 6.45) is 14.6. The van der Waals surface area contributed by atoms with Crippen LogP contribution in [0.3, 0.4) is 0 Å². The van der Waals surface area contributed by atoms with Crippen molar-refractivity contribution in [1.82, 2.24) is 0 Å². The molecule has 0 aromatic heterocycles. The molecule has 0 aliphatic carbocycles. The van der Waals surface area contributed by atoms with Crippen molar-refractivity contribution < 1.29 is 13.5 Å². The summed E-state index contributed by atoms with van der Waals surface area (Å²) in [5, 5.41) is 9.29. The van der Waals surface area contributed by atoms with E-state index in [1.54, 1.807) is 24.3 Å². The van der Waals surface area contributed by atoms with Crippen LogP contribution in [0, 0.1) is 0 Å². The Balaban J connectivity index is 1.70. The summed E-state index contributed by atoms with van der Waals surface area (Å²) in [6, 6.07) is 12.4. The van der Waals surface area contributed by atoms with Crippen LogP contribution in [0.5, 0.6) is 5.75 Å². The molecular weight excluding hydrogens is 396 g/mol. The average Bonchev–Trinajstić information content (AvgIpc) is 2.74. The summed E-state index contributed by atoms with van der Waals surface area (Å²) in [5.41, 5.74) is 1.14. The summed E-state index contributed by atoms with van der Waals surface area (Å²) >= 11 is 0. The van der Waals surface area contributed by atoms with Gasteiger partial charge < -0.3 is 5.11 Å². The first-order chi connectivity index (χ1) is 14.5. The van der Waals surface area contributed by atoms with Gasteiger partial charge in [-0.1, -0.05) is 58.3 Å². The molecule has 0 saturated carbocycles. The summed E-state index contributed by atoms with van der Waals surface area (Å²) in [4.78, 5) is 4.60. The Kier molecular flexibility index (Phi) is 10.4. The molecule has 6 heteroatoms. The topological polar surface area (TPSA) is 78.8 Å².